The van der Waals surface area contributed by atoms with E-state index in [1.807, 2.05) is 37.3 Å². The number of carbonyl (C=O) groups excluding carboxylic acids is 1. The van der Waals surface area contributed by atoms with Crippen molar-refractivity contribution < 1.29 is 4.79 Å². The number of nitrogens with zero attached hydrogens (tertiary/aromatic N) is 1. The third-order valence-electron chi connectivity index (χ3n) is 2.95. The average molecular weight is 302 g/mol. The third-order valence-corrected chi connectivity index (χ3v) is 3.96. The Bertz CT molecular complexity index is 653. The van der Waals surface area contributed by atoms with Gasteiger partial charge in [0.2, 0.25) is 5.91 Å². The molecule has 5 heteroatoms. The number of pyridine rings is 1. The molecule has 2 aromatic rings. The predicted molar refractivity (Wildman–Crippen MR) is 86.8 cm³/mol. The normalized spacial score (nSPS) is 10.3. The number of benzene rings is 1. The largest absolute Gasteiger partial charge is 0.325 e. The molecule has 1 N–H and O–H groups in total. The van der Waals surface area contributed by atoms with Crippen molar-refractivity contribution in [2.45, 2.75) is 24.8 Å². The molecule has 0 unspecified atom stereocenters. The molecule has 4 nitrogen and oxygen atoms in total. The van der Waals surface area contributed by atoms with Crippen molar-refractivity contribution in [2.24, 2.45) is 0 Å². The number of anilines is 1. The van der Waals surface area contributed by atoms with E-state index in [-0.39, 0.29) is 11.5 Å². The highest BCUT2D eigenvalue weighted by Crippen LogP contribution is 2.18. The van der Waals surface area contributed by atoms with Gasteiger partial charge in [-0.3, -0.25) is 9.59 Å². The Labute approximate surface area is 128 Å². The summed E-state index contributed by atoms with van der Waals surface area (Å²) in [5.41, 5.74) is 0.598. The van der Waals surface area contributed by atoms with Crippen LogP contribution in [-0.4, -0.2) is 16.2 Å². The van der Waals surface area contributed by atoms with E-state index in [0.717, 1.165) is 10.6 Å². The summed E-state index contributed by atoms with van der Waals surface area (Å²) in [6.45, 7) is 2.48. The molecule has 1 heterocycles. The maximum Gasteiger partial charge on any atom is 0.250 e. The van der Waals surface area contributed by atoms with E-state index in [1.54, 1.807) is 28.6 Å². The van der Waals surface area contributed by atoms with Crippen molar-refractivity contribution in [3.8, 4) is 0 Å². The molecule has 1 aromatic heterocycles. The van der Waals surface area contributed by atoms with Gasteiger partial charge < -0.3 is 9.88 Å². The molecule has 110 valence electrons. The van der Waals surface area contributed by atoms with E-state index in [1.165, 1.54) is 6.07 Å². The molecule has 0 saturated heterocycles. The first-order valence-corrected chi connectivity index (χ1v) is 7.86. The standard InChI is InChI=1S/C16H18N2O2S/c1-2-18-12-13(8-9-16(18)20)17-15(19)10-11-21-14-6-4-3-5-7-14/h3-9,12H,2,10-11H2,1H3,(H,17,19). The quantitative estimate of drug-likeness (QED) is 0.835. The monoisotopic (exact) mass is 302 g/mol. The minimum Gasteiger partial charge on any atom is -0.325 e. The molecule has 0 bridgehead atoms. The Balaban J connectivity index is 1.83. The van der Waals surface area contributed by atoms with Crippen molar-refractivity contribution >= 4 is 23.4 Å². The van der Waals surface area contributed by atoms with Gasteiger partial charge in [-0.05, 0) is 25.1 Å². The minimum absolute atomic E-state index is 0.0419. The van der Waals surface area contributed by atoms with Crippen LogP contribution < -0.4 is 10.9 Å². The molecule has 0 spiro atoms. The summed E-state index contributed by atoms with van der Waals surface area (Å²) in [5.74, 6) is 0.684. The fourth-order valence-electron chi connectivity index (χ4n) is 1.85. The fraction of sp³-hybridized carbons (Fsp3) is 0.250. The van der Waals surface area contributed by atoms with Crippen molar-refractivity contribution in [1.29, 1.82) is 0 Å². The van der Waals surface area contributed by atoms with E-state index in [4.69, 9.17) is 0 Å². The first kappa shape index (κ1) is 15.4. The van der Waals surface area contributed by atoms with E-state index < -0.39 is 0 Å². The van der Waals surface area contributed by atoms with Gasteiger partial charge >= 0.3 is 0 Å². The first-order chi connectivity index (χ1) is 10.2. The molecule has 0 atom stereocenters. The molecule has 0 aliphatic carbocycles. The maximum atomic E-state index is 11.9. The van der Waals surface area contributed by atoms with Crippen LogP contribution >= 0.6 is 11.8 Å². The van der Waals surface area contributed by atoms with Gasteiger partial charge in [0.15, 0.2) is 0 Å². The van der Waals surface area contributed by atoms with Crippen LogP contribution in [0.3, 0.4) is 0 Å². The van der Waals surface area contributed by atoms with Crippen LogP contribution in [0.4, 0.5) is 5.69 Å². The topological polar surface area (TPSA) is 51.1 Å². The third kappa shape index (κ3) is 4.79. The Morgan fingerprint density at radius 3 is 2.67 bits per heavy atom. The Kier molecular flexibility index (Phi) is 5.63. The molecule has 0 radical (unpaired) electrons. The smallest absolute Gasteiger partial charge is 0.250 e. The number of carbonyl (C=O) groups is 1. The number of thioether (sulfide) groups is 1. The van der Waals surface area contributed by atoms with Crippen LogP contribution in [0.25, 0.3) is 0 Å². The number of aromatic nitrogens is 1. The van der Waals surface area contributed by atoms with Gasteiger partial charge in [0.25, 0.3) is 5.56 Å². The number of nitrogens with one attached hydrogen (secondary N) is 1. The number of hydrogen-bond donors (Lipinski definition) is 1. The molecule has 1 aromatic carbocycles. The zero-order chi connectivity index (χ0) is 15.1. The highest BCUT2D eigenvalue weighted by molar-refractivity contribution is 7.99. The van der Waals surface area contributed by atoms with E-state index >= 15 is 0 Å². The lowest BCUT2D eigenvalue weighted by atomic mass is 10.3. The van der Waals surface area contributed by atoms with Gasteiger partial charge in [-0.2, -0.15) is 0 Å². The summed E-state index contributed by atoms with van der Waals surface area (Å²) in [4.78, 5) is 24.5. The molecule has 0 fully saturated rings. The SMILES string of the molecule is CCn1cc(NC(=O)CCSc2ccccc2)ccc1=O. The lowest BCUT2D eigenvalue weighted by Crippen LogP contribution is -2.19. The van der Waals surface area contributed by atoms with Gasteiger partial charge in [0.05, 0.1) is 5.69 Å². The summed E-state index contributed by atoms with van der Waals surface area (Å²) < 4.78 is 1.56. The number of rotatable bonds is 6. The molecular formula is C16H18N2O2S. The highest BCUT2D eigenvalue weighted by Gasteiger charge is 2.04. The van der Waals surface area contributed by atoms with E-state index in [0.29, 0.717) is 18.7 Å². The molecule has 0 aliphatic heterocycles. The number of amides is 1. The summed E-state index contributed by atoms with van der Waals surface area (Å²) in [5, 5.41) is 2.82. The number of hydrogen-bond acceptors (Lipinski definition) is 3. The molecule has 1 amide bonds. The summed E-state index contributed by atoms with van der Waals surface area (Å²) in [6.07, 6.45) is 2.11. The predicted octanol–water partition coefficient (Wildman–Crippen LogP) is 2.99. The zero-order valence-electron chi connectivity index (χ0n) is 11.9. The van der Waals surface area contributed by atoms with Gasteiger partial charge in [-0.25, -0.2) is 0 Å². The second-order valence-corrected chi connectivity index (χ2v) is 5.67. The van der Waals surface area contributed by atoms with Crippen molar-refractivity contribution in [2.75, 3.05) is 11.1 Å². The first-order valence-electron chi connectivity index (χ1n) is 6.87. The minimum atomic E-state index is -0.0601. The molecule has 21 heavy (non-hydrogen) atoms. The van der Waals surface area contributed by atoms with Crippen molar-refractivity contribution in [3.05, 3.63) is 59.0 Å². The zero-order valence-corrected chi connectivity index (χ0v) is 12.7. The van der Waals surface area contributed by atoms with Crippen molar-refractivity contribution in [3.63, 3.8) is 0 Å². The summed E-state index contributed by atoms with van der Waals surface area (Å²) in [6, 6.07) is 13.1. The van der Waals surface area contributed by atoms with Crippen LogP contribution in [-0.2, 0) is 11.3 Å². The molecule has 0 saturated carbocycles. The van der Waals surface area contributed by atoms with Crippen LogP contribution in [0.1, 0.15) is 13.3 Å². The van der Waals surface area contributed by atoms with Crippen LogP contribution in [0.5, 0.6) is 0 Å². The summed E-state index contributed by atoms with van der Waals surface area (Å²) in [7, 11) is 0. The Morgan fingerprint density at radius 1 is 1.19 bits per heavy atom. The average Bonchev–Trinajstić information content (AvgIpc) is 2.50. The van der Waals surface area contributed by atoms with Crippen molar-refractivity contribution in [1.82, 2.24) is 4.57 Å². The molecular weight excluding hydrogens is 284 g/mol. The van der Waals surface area contributed by atoms with E-state index in [9.17, 15) is 9.59 Å². The van der Waals surface area contributed by atoms with Gasteiger partial charge in [-0.15, -0.1) is 11.8 Å². The van der Waals surface area contributed by atoms with Gasteiger partial charge in [0, 0.05) is 35.9 Å². The lowest BCUT2D eigenvalue weighted by molar-refractivity contribution is -0.115. The summed E-state index contributed by atoms with van der Waals surface area (Å²) >= 11 is 1.65. The van der Waals surface area contributed by atoms with Gasteiger partial charge in [-0.1, -0.05) is 18.2 Å². The van der Waals surface area contributed by atoms with Crippen LogP contribution in [0.15, 0.2) is 58.4 Å². The second-order valence-electron chi connectivity index (χ2n) is 4.50. The lowest BCUT2D eigenvalue weighted by Gasteiger charge is -2.08. The van der Waals surface area contributed by atoms with Gasteiger partial charge in [0.1, 0.15) is 0 Å². The van der Waals surface area contributed by atoms with Crippen LogP contribution in [0.2, 0.25) is 0 Å². The molecule has 2 rings (SSSR count). The maximum absolute atomic E-state index is 11.9. The fourth-order valence-corrected chi connectivity index (χ4v) is 2.73. The Hall–Kier alpha value is -2.01. The Morgan fingerprint density at radius 2 is 1.95 bits per heavy atom. The second kappa shape index (κ2) is 7.69. The van der Waals surface area contributed by atoms with E-state index in [2.05, 4.69) is 5.32 Å². The highest BCUT2D eigenvalue weighted by atomic mass is 32.2. The molecule has 0 aliphatic rings. The number of aryl methyl sites for hydroxylation is 1. The van der Waals surface area contributed by atoms with Crippen LogP contribution in [0, 0.1) is 0 Å².